The van der Waals surface area contributed by atoms with Crippen molar-refractivity contribution in [2.75, 3.05) is 16.8 Å². The molecule has 1 aromatic rings. The number of hydrogen-bond acceptors (Lipinski definition) is 4. The number of rotatable bonds is 2. The van der Waals surface area contributed by atoms with Gasteiger partial charge in [-0.05, 0) is 11.7 Å². The minimum absolute atomic E-state index is 0.562. The molecule has 1 N–H and O–H groups in total. The zero-order chi connectivity index (χ0) is 9.26. The second-order valence-electron chi connectivity index (χ2n) is 3.24. The molecule has 2 atom stereocenters. The van der Waals surface area contributed by atoms with E-state index in [0.29, 0.717) is 6.04 Å². The van der Waals surface area contributed by atoms with Gasteiger partial charge in [0.1, 0.15) is 4.34 Å². The zero-order valence-corrected chi connectivity index (χ0v) is 9.68. The van der Waals surface area contributed by atoms with Crippen molar-refractivity contribution in [3.05, 3.63) is 10.5 Å². The highest BCUT2D eigenvalue weighted by Crippen LogP contribution is 2.29. The highest BCUT2D eigenvalue weighted by molar-refractivity contribution is 7.99. The molecule has 0 bridgehead atoms. The summed E-state index contributed by atoms with van der Waals surface area (Å²) >= 11 is 9.30. The maximum absolute atomic E-state index is 5.79. The molecule has 0 amide bonds. The van der Waals surface area contributed by atoms with Gasteiger partial charge in [-0.3, -0.25) is 0 Å². The van der Waals surface area contributed by atoms with Gasteiger partial charge in [-0.1, -0.05) is 29.9 Å². The first-order chi connectivity index (χ1) is 6.25. The molecule has 2 nitrogen and oxygen atoms in total. The number of hydrogen-bond donors (Lipinski definition) is 1. The van der Waals surface area contributed by atoms with Crippen LogP contribution in [0.1, 0.15) is 6.92 Å². The third kappa shape index (κ3) is 2.30. The Morgan fingerprint density at radius 3 is 3.00 bits per heavy atom. The van der Waals surface area contributed by atoms with E-state index in [1.165, 1.54) is 22.8 Å². The Bertz CT molecular complexity index is 289. The fourth-order valence-corrected chi connectivity index (χ4v) is 3.60. The van der Waals surface area contributed by atoms with Crippen LogP contribution in [0.4, 0.5) is 5.13 Å². The minimum atomic E-state index is 0.562. The highest BCUT2D eigenvalue weighted by atomic mass is 35.5. The van der Waals surface area contributed by atoms with Gasteiger partial charge in [0, 0.05) is 11.8 Å². The lowest BCUT2D eigenvalue weighted by molar-refractivity contribution is 0.599. The Labute approximate surface area is 91.1 Å². The second-order valence-corrected chi connectivity index (χ2v) is 5.97. The number of halogens is 1. The molecular formula is C8H11ClN2S2. The third-order valence-electron chi connectivity index (χ3n) is 2.15. The molecule has 1 aliphatic heterocycles. The Balaban J connectivity index is 1.97. The first-order valence-corrected chi connectivity index (χ1v) is 6.56. The molecule has 1 fully saturated rings. The molecule has 0 aromatic carbocycles. The van der Waals surface area contributed by atoms with Gasteiger partial charge in [0.25, 0.3) is 0 Å². The van der Waals surface area contributed by atoms with Gasteiger partial charge < -0.3 is 5.32 Å². The van der Waals surface area contributed by atoms with Gasteiger partial charge in [-0.2, -0.15) is 11.8 Å². The van der Waals surface area contributed by atoms with E-state index in [1.54, 1.807) is 6.20 Å². The molecule has 1 aromatic heterocycles. The molecule has 2 unspecified atom stereocenters. The van der Waals surface area contributed by atoms with Crippen LogP contribution in [0.15, 0.2) is 6.20 Å². The van der Waals surface area contributed by atoms with Crippen molar-refractivity contribution in [2.24, 2.45) is 5.92 Å². The number of nitrogens with one attached hydrogen (secondary N) is 1. The first-order valence-electron chi connectivity index (χ1n) is 4.21. The van der Waals surface area contributed by atoms with Gasteiger partial charge in [0.05, 0.1) is 6.20 Å². The van der Waals surface area contributed by atoms with Crippen molar-refractivity contribution in [1.29, 1.82) is 0 Å². The molecular weight excluding hydrogens is 224 g/mol. The van der Waals surface area contributed by atoms with Crippen LogP contribution in [0.25, 0.3) is 0 Å². The standard InChI is InChI=1S/C8H11ClN2S2/c1-5-3-12-4-6(5)11-8-10-2-7(9)13-8/h2,5-6H,3-4H2,1H3,(H,10,11). The van der Waals surface area contributed by atoms with E-state index in [9.17, 15) is 0 Å². The summed E-state index contributed by atoms with van der Waals surface area (Å²) in [6, 6.07) is 0.562. The highest BCUT2D eigenvalue weighted by Gasteiger charge is 2.24. The van der Waals surface area contributed by atoms with Gasteiger partial charge in [-0.25, -0.2) is 4.98 Å². The van der Waals surface area contributed by atoms with E-state index in [2.05, 4.69) is 17.2 Å². The molecule has 1 saturated heterocycles. The molecule has 13 heavy (non-hydrogen) atoms. The first kappa shape index (κ1) is 9.62. The van der Waals surface area contributed by atoms with Crippen molar-refractivity contribution in [3.63, 3.8) is 0 Å². The van der Waals surface area contributed by atoms with E-state index < -0.39 is 0 Å². The third-order valence-corrected chi connectivity index (χ3v) is 4.55. The summed E-state index contributed by atoms with van der Waals surface area (Å²) in [5, 5.41) is 4.36. The Hall–Kier alpha value is 0.0700. The van der Waals surface area contributed by atoms with Crippen LogP contribution in [0.5, 0.6) is 0 Å². The molecule has 0 aliphatic carbocycles. The summed E-state index contributed by atoms with van der Waals surface area (Å²) < 4.78 is 0.751. The number of thiazole rings is 1. The molecule has 2 rings (SSSR count). The zero-order valence-electron chi connectivity index (χ0n) is 7.29. The van der Waals surface area contributed by atoms with Crippen molar-refractivity contribution in [1.82, 2.24) is 4.98 Å². The maximum atomic E-state index is 5.79. The van der Waals surface area contributed by atoms with E-state index in [-0.39, 0.29) is 0 Å². The summed E-state index contributed by atoms with van der Waals surface area (Å²) in [6.45, 7) is 2.27. The van der Waals surface area contributed by atoms with Crippen LogP contribution < -0.4 is 5.32 Å². The topological polar surface area (TPSA) is 24.9 Å². The number of nitrogens with zero attached hydrogens (tertiary/aromatic N) is 1. The van der Waals surface area contributed by atoms with Gasteiger partial charge in [0.15, 0.2) is 5.13 Å². The summed E-state index contributed by atoms with van der Waals surface area (Å²) in [7, 11) is 0. The largest absolute Gasteiger partial charge is 0.358 e. The molecule has 0 spiro atoms. The van der Waals surface area contributed by atoms with Crippen LogP contribution in [-0.2, 0) is 0 Å². The van der Waals surface area contributed by atoms with Gasteiger partial charge >= 0.3 is 0 Å². The van der Waals surface area contributed by atoms with Crippen LogP contribution in [0.3, 0.4) is 0 Å². The number of anilines is 1. The fraction of sp³-hybridized carbons (Fsp3) is 0.625. The lowest BCUT2D eigenvalue weighted by atomic mass is 10.1. The van der Waals surface area contributed by atoms with Crippen LogP contribution in [-0.4, -0.2) is 22.5 Å². The second kappa shape index (κ2) is 4.07. The number of thioether (sulfide) groups is 1. The van der Waals surface area contributed by atoms with E-state index >= 15 is 0 Å². The minimum Gasteiger partial charge on any atom is -0.358 e. The summed E-state index contributed by atoms with van der Waals surface area (Å²) in [5.41, 5.74) is 0. The molecule has 72 valence electrons. The lowest BCUT2D eigenvalue weighted by Crippen LogP contribution is -2.25. The van der Waals surface area contributed by atoms with E-state index in [1.807, 2.05) is 11.8 Å². The average molecular weight is 235 g/mol. The monoisotopic (exact) mass is 234 g/mol. The van der Waals surface area contributed by atoms with Crippen LogP contribution in [0.2, 0.25) is 4.34 Å². The summed E-state index contributed by atoms with van der Waals surface area (Å²) in [5.74, 6) is 3.16. The smallest absolute Gasteiger partial charge is 0.184 e. The lowest BCUT2D eigenvalue weighted by Gasteiger charge is -2.14. The van der Waals surface area contributed by atoms with Crippen molar-refractivity contribution in [2.45, 2.75) is 13.0 Å². The molecule has 0 saturated carbocycles. The number of aromatic nitrogens is 1. The van der Waals surface area contributed by atoms with Crippen molar-refractivity contribution in [3.8, 4) is 0 Å². The molecule has 0 radical (unpaired) electrons. The maximum Gasteiger partial charge on any atom is 0.184 e. The van der Waals surface area contributed by atoms with Crippen LogP contribution >= 0.6 is 34.7 Å². The van der Waals surface area contributed by atoms with Gasteiger partial charge in [0.2, 0.25) is 0 Å². The Morgan fingerprint density at radius 2 is 2.46 bits per heavy atom. The fourth-order valence-electron chi connectivity index (χ4n) is 1.33. The molecule has 2 heterocycles. The van der Waals surface area contributed by atoms with Crippen LogP contribution in [0, 0.1) is 5.92 Å². The quantitative estimate of drug-likeness (QED) is 0.852. The molecule has 1 aliphatic rings. The predicted octanol–water partition coefficient (Wildman–Crippen LogP) is 2.96. The van der Waals surface area contributed by atoms with E-state index in [4.69, 9.17) is 11.6 Å². The average Bonchev–Trinajstić information content (AvgIpc) is 2.64. The Kier molecular flexibility index (Phi) is 3.01. The predicted molar refractivity (Wildman–Crippen MR) is 61.0 cm³/mol. The summed E-state index contributed by atoms with van der Waals surface area (Å²) in [4.78, 5) is 4.18. The Morgan fingerprint density at radius 1 is 1.62 bits per heavy atom. The normalized spacial score (nSPS) is 27.8. The molecule has 5 heteroatoms. The van der Waals surface area contributed by atoms with Crippen molar-refractivity contribution >= 4 is 39.8 Å². The summed E-state index contributed by atoms with van der Waals surface area (Å²) in [6.07, 6.45) is 1.70. The SMILES string of the molecule is CC1CSCC1Nc1ncc(Cl)s1. The van der Waals surface area contributed by atoms with Gasteiger partial charge in [-0.15, -0.1) is 0 Å². The van der Waals surface area contributed by atoms with Crippen molar-refractivity contribution < 1.29 is 0 Å². The van der Waals surface area contributed by atoms with E-state index in [0.717, 1.165) is 15.4 Å².